The molecule has 0 fully saturated rings. The van der Waals surface area contributed by atoms with Crippen LogP contribution in [0.3, 0.4) is 0 Å². The molecular weight excluding hydrogens is 323 g/mol. The smallest absolute Gasteiger partial charge is 0.237 e. The van der Waals surface area contributed by atoms with Crippen LogP contribution in [0.4, 0.5) is 10.1 Å². The molecule has 0 saturated heterocycles. The molecule has 116 valence electrons. The second-order valence-corrected chi connectivity index (χ2v) is 6.51. The molecule has 0 unspecified atom stereocenters. The summed E-state index contributed by atoms with van der Waals surface area (Å²) in [6.45, 7) is 0.416. The van der Waals surface area contributed by atoms with Gasteiger partial charge in [-0.3, -0.25) is 9.59 Å². The molecule has 0 bridgehead atoms. The van der Waals surface area contributed by atoms with E-state index in [9.17, 15) is 14.0 Å². The van der Waals surface area contributed by atoms with Gasteiger partial charge >= 0.3 is 0 Å². The minimum atomic E-state index is -0.454. The van der Waals surface area contributed by atoms with Gasteiger partial charge in [-0.15, -0.1) is 23.1 Å². The van der Waals surface area contributed by atoms with Crippen LogP contribution in [0.2, 0.25) is 0 Å². The topological polar surface area (TPSA) is 63.4 Å². The highest BCUT2D eigenvalue weighted by atomic mass is 32.2. The summed E-state index contributed by atoms with van der Waals surface area (Å²) in [7, 11) is 0. The molecule has 2 aromatic rings. The van der Waals surface area contributed by atoms with Crippen LogP contribution in [-0.4, -0.2) is 23.3 Å². The first kappa shape index (κ1) is 16.5. The molecule has 22 heavy (non-hydrogen) atoms. The van der Waals surface area contributed by atoms with Gasteiger partial charge in [0.05, 0.1) is 18.1 Å². The molecule has 2 amide bonds. The van der Waals surface area contributed by atoms with E-state index in [2.05, 4.69) is 0 Å². The summed E-state index contributed by atoms with van der Waals surface area (Å²) in [4.78, 5) is 25.8. The van der Waals surface area contributed by atoms with E-state index < -0.39 is 5.91 Å². The molecule has 0 aliphatic carbocycles. The third kappa shape index (κ3) is 4.85. The van der Waals surface area contributed by atoms with Crippen molar-refractivity contribution in [3.63, 3.8) is 0 Å². The molecule has 2 rings (SSSR count). The summed E-state index contributed by atoms with van der Waals surface area (Å²) in [5.41, 5.74) is 5.69. The molecular formula is C15H15FN2O2S2. The lowest BCUT2D eigenvalue weighted by Gasteiger charge is -2.22. The number of primary amides is 1. The molecule has 0 spiro atoms. The van der Waals surface area contributed by atoms with E-state index in [1.165, 1.54) is 23.9 Å². The Labute approximate surface area is 136 Å². The maximum Gasteiger partial charge on any atom is 0.237 e. The lowest BCUT2D eigenvalue weighted by atomic mass is 10.2. The van der Waals surface area contributed by atoms with E-state index in [1.807, 2.05) is 17.5 Å². The molecule has 0 atom stereocenters. The SMILES string of the molecule is NC(=O)CSCC(=O)N(Cc1cccs1)c1ccc(F)cc1. The molecule has 4 nitrogen and oxygen atoms in total. The van der Waals surface area contributed by atoms with E-state index in [0.717, 1.165) is 4.88 Å². The van der Waals surface area contributed by atoms with Crippen LogP contribution in [-0.2, 0) is 16.1 Å². The Kier molecular flexibility index (Phi) is 5.97. The van der Waals surface area contributed by atoms with Crippen LogP contribution in [0.5, 0.6) is 0 Å². The van der Waals surface area contributed by atoms with Gasteiger partial charge < -0.3 is 10.6 Å². The summed E-state index contributed by atoms with van der Waals surface area (Å²) in [5.74, 6) is -0.709. The summed E-state index contributed by atoms with van der Waals surface area (Å²) in [5, 5.41) is 1.94. The fraction of sp³-hybridized carbons (Fsp3) is 0.200. The van der Waals surface area contributed by atoms with Crippen LogP contribution in [0.1, 0.15) is 4.88 Å². The predicted molar refractivity (Wildman–Crippen MR) is 88.4 cm³/mol. The standard InChI is InChI=1S/C15H15FN2O2S2/c16-11-3-5-12(6-4-11)18(8-13-2-1-7-22-13)15(20)10-21-9-14(17)19/h1-7H,8-10H2,(H2,17,19). The largest absolute Gasteiger partial charge is 0.369 e. The first-order valence-corrected chi connectivity index (χ1v) is 8.54. The molecule has 0 radical (unpaired) electrons. The number of amides is 2. The zero-order chi connectivity index (χ0) is 15.9. The number of carbonyl (C=O) groups is 2. The van der Waals surface area contributed by atoms with Crippen molar-refractivity contribution in [3.05, 3.63) is 52.5 Å². The first-order chi connectivity index (χ1) is 10.6. The van der Waals surface area contributed by atoms with Gasteiger partial charge in [0.2, 0.25) is 11.8 Å². The van der Waals surface area contributed by atoms with Crippen molar-refractivity contribution in [1.29, 1.82) is 0 Å². The maximum absolute atomic E-state index is 13.1. The van der Waals surface area contributed by atoms with E-state index in [0.29, 0.717) is 12.2 Å². The van der Waals surface area contributed by atoms with Gasteiger partial charge in [0, 0.05) is 10.6 Å². The van der Waals surface area contributed by atoms with Crippen LogP contribution < -0.4 is 10.6 Å². The molecule has 1 heterocycles. The highest BCUT2D eigenvalue weighted by molar-refractivity contribution is 8.00. The highest BCUT2D eigenvalue weighted by Crippen LogP contribution is 2.21. The number of thiophene rings is 1. The number of halogens is 1. The number of carbonyl (C=O) groups excluding carboxylic acids is 2. The fourth-order valence-corrected chi connectivity index (χ4v) is 3.15. The average Bonchev–Trinajstić information content (AvgIpc) is 2.98. The Hall–Kier alpha value is -1.86. The van der Waals surface area contributed by atoms with Crippen LogP contribution >= 0.6 is 23.1 Å². The Morgan fingerprint density at radius 2 is 1.91 bits per heavy atom. The lowest BCUT2D eigenvalue weighted by Crippen LogP contribution is -2.32. The van der Waals surface area contributed by atoms with Gasteiger partial charge in [-0.1, -0.05) is 6.07 Å². The minimum Gasteiger partial charge on any atom is -0.369 e. The van der Waals surface area contributed by atoms with Crippen molar-refractivity contribution in [1.82, 2.24) is 0 Å². The van der Waals surface area contributed by atoms with Gasteiger partial charge in [0.15, 0.2) is 0 Å². The number of benzene rings is 1. The number of nitrogens with zero attached hydrogens (tertiary/aromatic N) is 1. The summed E-state index contributed by atoms with van der Waals surface area (Å²) >= 11 is 2.72. The van der Waals surface area contributed by atoms with Crippen molar-refractivity contribution in [3.8, 4) is 0 Å². The number of rotatable bonds is 7. The van der Waals surface area contributed by atoms with Crippen LogP contribution in [0.25, 0.3) is 0 Å². The zero-order valence-corrected chi connectivity index (χ0v) is 13.3. The molecule has 0 aliphatic heterocycles. The molecule has 0 aliphatic rings. The Morgan fingerprint density at radius 1 is 1.18 bits per heavy atom. The Morgan fingerprint density at radius 3 is 2.50 bits per heavy atom. The third-order valence-electron chi connectivity index (χ3n) is 2.80. The second kappa shape index (κ2) is 7.95. The van der Waals surface area contributed by atoms with Crippen molar-refractivity contribution in [2.24, 2.45) is 5.73 Å². The normalized spacial score (nSPS) is 10.4. The number of thioether (sulfide) groups is 1. The first-order valence-electron chi connectivity index (χ1n) is 6.50. The van der Waals surface area contributed by atoms with Gasteiger partial charge in [0.1, 0.15) is 5.82 Å². The van der Waals surface area contributed by atoms with Crippen LogP contribution in [0, 0.1) is 5.82 Å². The zero-order valence-electron chi connectivity index (χ0n) is 11.7. The van der Waals surface area contributed by atoms with E-state index in [-0.39, 0.29) is 23.2 Å². The molecule has 2 N–H and O–H groups in total. The van der Waals surface area contributed by atoms with E-state index in [1.54, 1.807) is 28.4 Å². The molecule has 1 aromatic heterocycles. The number of anilines is 1. The summed E-state index contributed by atoms with van der Waals surface area (Å²) < 4.78 is 13.1. The Balaban J connectivity index is 2.11. The summed E-state index contributed by atoms with van der Waals surface area (Å²) in [6, 6.07) is 9.63. The second-order valence-electron chi connectivity index (χ2n) is 4.49. The van der Waals surface area contributed by atoms with E-state index >= 15 is 0 Å². The molecule has 1 aromatic carbocycles. The quantitative estimate of drug-likeness (QED) is 0.844. The number of nitrogens with two attached hydrogens (primary N) is 1. The third-order valence-corrected chi connectivity index (χ3v) is 4.60. The number of hydrogen-bond donors (Lipinski definition) is 1. The van der Waals surface area contributed by atoms with Crippen molar-refractivity contribution < 1.29 is 14.0 Å². The van der Waals surface area contributed by atoms with Gasteiger partial charge in [-0.25, -0.2) is 4.39 Å². The number of hydrogen-bond acceptors (Lipinski definition) is 4. The lowest BCUT2D eigenvalue weighted by molar-refractivity contribution is -0.116. The summed E-state index contributed by atoms with van der Waals surface area (Å²) in [6.07, 6.45) is 0. The van der Waals surface area contributed by atoms with Gasteiger partial charge in [-0.05, 0) is 35.7 Å². The van der Waals surface area contributed by atoms with Crippen molar-refractivity contribution >= 4 is 40.6 Å². The monoisotopic (exact) mass is 338 g/mol. The van der Waals surface area contributed by atoms with Crippen LogP contribution in [0.15, 0.2) is 41.8 Å². The van der Waals surface area contributed by atoms with E-state index in [4.69, 9.17) is 5.73 Å². The van der Waals surface area contributed by atoms with Gasteiger partial charge in [0.25, 0.3) is 0 Å². The van der Waals surface area contributed by atoms with Crippen molar-refractivity contribution in [2.75, 3.05) is 16.4 Å². The van der Waals surface area contributed by atoms with Gasteiger partial charge in [-0.2, -0.15) is 0 Å². The highest BCUT2D eigenvalue weighted by Gasteiger charge is 2.17. The minimum absolute atomic E-state index is 0.0992. The van der Waals surface area contributed by atoms with Crippen molar-refractivity contribution in [2.45, 2.75) is 6.54 Å². The average molecular weight is 338 g/mol. The maximum atomic E-state index is 13.1. The Bertz CT molecular complexity index is 630. The molecule has 7 heteroatoms. The fourth-order valence-electron chi connectivity index (χ4n) is 1.82. The predicted octanol–water partition coefficient (Wildman–Crippen LogP) is 2.64. The molecule has 0 saturated carbocycles.